The van der Waals surface area contributed by atoms with Gasteiger partial charge in [-0.3, -0.25) is 19.8 Å². The minimum atomic E-state index is 0.511. The predicted octanol–water partition coefficient (Wildman–Crippen LogP) is 1.44. The van der Waals surface area contributed by atoms with E-state index in [9.17, 15) is 0 Å². The standard InChI is InChI=1S/C16H24N6O/c1-4-16-19-15(20-23-16)11-21(3)14-5-6-22(10-14)9-13-8-17-12(2)7-18-13/h7-8,14H,4-6,9-11H2,1-3H3. The SMILES string of the molecule is CCc1nc(CN(C)C2CCN(Cc3cnc(C)cn3)C2)no1. The predicted molar refractivity (Wildman–Crippen MR) is 85.6 cm³/mol. The summed E-state index contributed by atoms with van der Waals surface area (Å²) in [7, 11) is 2.13. The van der Waals surface area contributed by atoms with Gasteiger partial charge in [0.2, 0.25) is 5.89 Å². The van der Waals surface area contributed by atoms with E-state index in [0.29, 0.717) is 11.9 Å². The summed E-state index contributed by atoms with van der Waals surface area (Å²) in [5, 5.41) is 4.03. The van der Waals surface area contributed by atoms with Gasteiger partial charge >= 0.3 is 0 Å². The zero-order valence-electron chi connectivity index (χ0n) is 14.1. The van der Waals surface area contributed by atoms with E-state index in [1.54, 1.807) is 0 Å². The maximum atomic E-state index is 5.17. The highest BCUT2D eigenvalue weighted by molar-refractivity contribution is 5.01. The summed E-state index contributed by atoms with van der Waals surface area (Å²) in [4.78, 5) is 17.9. The summed E-state index contributed by atoms with van der Waals surface area (Å²) < 4.78 is 5.17. The molecule has 1 fully saturated rings. The fourth-order valence-electron chi connectivity index (χ4n) is 2.90. The average molecular weight is 316 g/mol. The molecule has 124 valence electrons. The number of hydrogen-bond donors (Lipinski definition) is 0. The van der Waals surface area contributed by atoms with E-state index in [1.165, 1.54) is 0 Å². The van der Waals surface area contributed by atoms with E-state index >= 15 is 0 Å². The number of aryl methyl sites for hydroxylation is 2. The molecule has 0 radical (unpaired) electrons. The summed E-state index contributed by atoms with van der Waals surface area (Å²) in [6.07, 6.45) is 5.63. The molecule has 7 heteroatoms. The van der Waals surface area contributed by atoms with Crippen LogP contribution in [-0.2, 0) is 19.5 Å². The van der Waals surface area contributed by atoms with E-state index in [2.05, 4.69) is 37.0 Å². The fourth-order valence-corrected chi connectivity index (χ4v) is 2.90. The molecule has 1 unspecified atom stereocenters. The van der Waals surface area contributed by atoms with Crippen molar-refractivity contribution in [3.05, 3.63) is 35.5 Å². The second-order valence-electron chi connectivity index (χ2n) is 6.20. The molecule has 0 N–H and O–H groups in total. The Balaban J connectivity index is 1.51. The van der Waals surface area contributed by atoms with E-state index in [-0.39, 0.29) is 0 Å². The summed E-state index contributed by atoms with van der Waals surface area (Å²) in [5.74, 6) is 1.48. The Bertz CT molecular complexity index is 626. The molecule has 0 bridgehead atoms. The minimum absolute atomic E-state index is 0.511. The summed E-state index contributed by atoms with van der Waals surface area (Å²) >= 11 is 0. The third-order valence-electron chi connectivity index (χ3n) is 4.29. The molecule has 0 amide bonds. The molecule has 0 saturated carbocycles. The van der Waals surface area contributed by atoms with Gasteiger partial charge in [-0.1, -0.05) is 12.1 Å². The van der Waals surface area contributed by atoms with Crippen LogP contribution in [0.25, 0.3) is 0 Å². The smallest absolute Gasteiger partial charge is 0.226 e. The van der Waals surface area contributed by atoms with Crippen molar-refractivity contribution in [3.8, 4) is 0 Å². The Kier molecular flexibility index (Phi) is 4.97. The average Bonchev–Trinajstić information content (AvgIpc) is 3.19. The Labute approximate surface area is 136 Å². The van der Waals surface area contributed by atoms with Gasteiger partial charge in [-0.05, 0) is 20.4 Å². The van der Waals surface area contributed by atoms with Gasteiger partial charge < -0.3 is 4.52 Å². The first-order valence-corrected chi connectivity index (χ1v) is 8.15. The third kappa shape index (κ3) is 4.11. The van der Waals surface area contributed by atoms with Crippen molar-refractivity contribution in [1.82, 2.24) is 29.9 Å². The minimum Gasteiger partial charge on any atom is -0.339 e. The lowest BCUT2D eigenvalue weighted by molar-refractivity contribution is 0.215. The van der Waals surface area contributed by atoms with E-state index < -0.39 is 0 Å². The van der Waals surface area contributed by atoms with Gasteiger partial charge in [0, 0.05) is 44.5 Å². The molecule has 0 aromatic carbocycles. The second kappa shape index (κ2) is 7.14. The van der Waals surface area contributed by atoms with Crippen LogP contribution in [0.2, 0.25) is 0 Å². The highest BCUT2D eigenvalue weighted by atomic mass is 16.5. The van der Waals surface area contributed by atoms with Gasteiger partial charge in [0.1, 0.15) is 0 Å². The Morgan fingerprint density at radius 1 is 1.35 bits per heavy atom. The topological polar surface area (TPSA) is 71.2 Å². The van der Waals surface area contributed by atoms with Gasteiger partial charge in [-0.2, -0.15) is 4.98 Å². The number of likely N-dealkylation sites (tertiary alicyclic amines) is 1. The van der Waals surface area contributed by atoms with Crippen LogP contribution in [0, 0.1) is 6.92 Å². The van der Waals surface area contributed by atoms with Gasteiger partial charge in [0.15, 0.2) is 5.82 Å². The van der Waals surface area contributed by atoms with Crippen LogP contribution >= 0.6 is 0 Å². The first-order chi connectivity index (χ1) is 11.1. The van der Waals surface area contributed by atoms with Gasteiger partial charge in [0.05, 0.1) is 17.9 Å². The van der Waals surface area contributed by atoms with Crippen LogP contribution in [-0.4, -0.2) is 56.1 Å². The van der Waals surface area contributed by atoms with E-state index in [1.807, 2.05) is 26.2 Å². The monoisotopic (exact) mass is 316 g/mol. The molecule has 3 rings (SSSR count). The summed E-state index contributed by atoms with van der Waals surface area (Å²) in [6.45, 7) is 7.68. The van der Waals surface area contributed by atoms with Crippen LogP contribution in [0.15, 0.2) is 16.9 Å². The normalized spacial score (nSPS) is 18.9. The van der Waals surface area contributed by atoms with Crippen LogP contribution in [0.5, 0.6) is 0 Å². The van der Waals surface area contributed by atoms with Crippen LogP contribution in [0.1, 0.15) is 36.4 Å². The van der Waals surface area contributed by atoms with E-state index in [0.717, 1.165) is 56.2 Å². The third-order valence-corrected chi connectivity index (χ3v) is 4.29. The molecule has 1 aliphatic rings. The molecular weight excluding hydrogens is 292 g/mol. The van der Waals surface area contributed by atoms with Crippen molar-refractivity contribution in [2.45, 2.75) is 45.8 Å². The van der Waals surface area contributed by atoms with Crippen molar-refractivity contribution >= 4 is 0 Å². The first-order valence-electron chi connectivity index (χ1n) is 8.15. The molecule has 7 nitrogen and oxygen atoms in total. The van der Waals surface area contributed by atoms with Crippen molar-refractivity contribution in [1.29, 1.82) is 0 Å². The van der Waals surface area contributed by atoms with Crippen LogP contribution in [0.4, 0.5) is 0 Å². The van der Waals surface area contributed by atoms with Crippen molar-refractivity contribution < 1.29 is 4.52 Å². The van der Waals surface area contributed by atoms with Gasteiger partial charge in [-0.25, -0.2) is 0 Å². The molecule has 23 heavy (non-hydrogen) atoms. The maximum Gasteiger partial charge on any atom is 0.226 e. The molecule has 3 heterocycles. The van der Waals surface area contributed by atoms with Crippen molar-refractivity contribution in [3.63, 3.8) is 0 Å². The largest absolute Gasteiger partial charge is 0.339 e. The number of likely N-dealkylation sites (N-methyl/N-ethyl adjacent to an activating group) is 1. The molecule has 1 atom stereocenters. The lowest BCUT2D eigenvalue weighted by Gasteiger charge is -2.23. The van der Waals surface area contributed by atoms with Crippen molar-refractivity contribution in [2.75, 3.05) is 20.1 Å². The summed E-state index contributed by atoms with van der Waals surface area (Å²) in [6, 6.07) is 0.511. The van der Waals surface area contributed by atoms with E-state index in [4.69, 9.17) is 4.52 Å². The Morgan fingerprint density at radius 3 is 2.91 bits per heavy atom. The van der Waals surface area contributed by atoms with Crippen molar-refractivity contribution in [2.24, 2.45) is 0 Å². The molecule has 2 aromatic heterocycles. The fraction of sp³-hybridized carbons (Fsp3) is 0.625. The van der Waals surface area contributed by atoms with Gasteiger partial charge in [-0.15, -0.1) is 0 Å². The summed E-state index contributed by atoms with van der Waals surface area (Å²) in [5.41, 5.74) is 1.99. The van der Waals surface area contributed by atoms with Crippen LogP contribution < -0.4 is 0 Å². The molecule has 0 spiro atoms. The lowest BCUT2D eigenvalue weighted by Crippen LogP contribution is -2.34. The number of rotatable bonds is 6. The zero-order valence-corrected chi connectivity index (χ0v) is 14.1. The Morgan fingerprint density at radius 2 is 2.22 bits per heavy atom. The van der Waals surface area contributed by atoms with Crippen LogP contribution in [0.3, 0.4) is 0 Å². The molecule has 1 saturated heterocycles. The number of nitrogens with zero attached hydrogens (tertiary/aromatic N) is 6. The zero-order chi connectivity index (χ0) is 16.2. The Hall–Kier alpha value is -1.86. The first kappa shape index (κ1) is 16.0. The lowest BCUT2D eigenvalue weighted by atomic mass is 10.2. The maximum absolute atomic E-state index is 5.17. The molecular formula is C16H24N6O. The molecule has 0 aliphatic carbocycles. The second-order valence-corrected chi connectivity index (χ2v) is 6.20. The van der Waals surface area contributed by atoms with Gasteiger partial charge in [0.25, 0.3) is 0 Å². The quantitative estimate of drug-likeness (QED) is 0.798. The highest BCUT2D eigenvalue weighted by Crippen LogP contribution is 2.17. The highest BCUT2D eigenvalue weighted by Gasteiger charge is 2.26. The number of hydrogen-bond acceptors (Lipinski definition) is 7. The molecule has 1 aliphatic heterocycles. The molecule has 2 aromatic rings. The number of aromatic nitrogens is 4.